The maximum Gasteiger partial charge on any atom is 0.0568 e. The molecule has 0 N–H and O–H groups in total. The summed E-state index contributed by atoms with van der Waals surface area (Å²) in [5, 5.41) is 10.0. The fraction of sp³-hybridized carbons (Fsp3) is 0. The van der Waals surface area contributed by atoms with Gasteiger partial charge in [0.15, 0.2) is 0 Å². The molecule has 0 radical (unpaired) electrons. The van der Waals surface area contributed by atoms with Gasteiger partial charge in [-0.15, -0.1) is 0 Å². The van der Waals surface area contributed by atoms with Crippen molar-refractivity contribution in [1.82, 2.24) is 9.13 Å². The lowest BCUT2D eigenvalue weighted by atomic mass is 10.00. The van der Waals surface area contributed by atoms with Gasteiger partial charge in [0.05, 0.1) is 22.1 Å². The number of para-hydroxylation sites is 2. The summed E-state index contributed by atoms with van der Waals surface area (Å²) in [7, 11) is 0. The minimum Gasteiger partial charge on any atom is -0.310 e. The largest absolute Gasteiger partial charge is 0.310 e. The topological polar surface area (TPSA) is 16.3 Å². The molecule has 13 aromatic carbocycles. The number of hydrogen-bond acceptors (Lipinski definition) is 2. The highest BCUT2D eigenvalue weighted by atomic mass is 15.2. The van der Waals surface area contributed by atoms with Gasteiger partial charge in [-0.1, -0.05) is 170 Å². The predicted molar refractivity (Wildman–Crippen MR) is 313 cm³/mol. The van der Waals surface area contributed by atoms with Crippen LogP contribution in [0.4, 0.5) is 34.1 Å². The number of rotatable bonds is 10. The first-order valence-electron chi connectivity index (χ1n) is 25.4. The van der Waals surface area contributed by atoms with Gasteiger partial charge in [0.2, 0.25) is 0 Å². The van der Waals surface area contributed by atoms with Crippen molar-refractivity contribution in [3.8, 4) is 33.6 Å². The molecule has 0 spiro atoms. The highest BCUT2D eigenvalue weighted by Crippen LogP contribution is 2.48. The van der Waals surface area contributed by atoms with Crippen molar-refractivity contribution in [3.63, 3.8) is 0 Å². The average Bonchev–Trinajstić information content (AvgIpc) is 4.02. The third-order valence-corrected chi connectivity index (χ3v) is 15.1. The quantitative estimate of drug-likeness (QED) is 0.127. The van der Waals surface area contributed by atoms with Crippen molar-refractivity contribution in [3.05, 3.63) is 279 Å². The van der Waals surface area contributed by atoms with Crippen molar-refractivity contribution in [2.75, 3.05) is 9.80 Å². The van der Waals surface area contributed by atoms with E-state index >= 15 is 0 Å². The lowest BCUT2D eigenvalue weighted by Crippen LogP contribution is -2.12. The van der Waals surface area contributed by atoms with Crippen LogP contribution in [-0.4, -0.2) is 9.13 Å². The van der Waals surface area contributed by atoms with Crippen molar-refractivity contribution in [1.29, 1.82) is 0 Å². The van der Waals surface area contributed by atoms with Gasteiger partial charge in [-0.05, 0) is 153 Å². The molecule has 0 fully saturated rings. The summed E-state index contributed by atoms with van der Waals surface area (Å²) in [6.45, 7) is 0. The summed E-state index contributed by atoms with van der Waals surface area (Å²) in [5.74, 6) is 0. The minimum absolute atomic E-state index is 1.05. The van der Waals surface area contributed by atoms with Gasteiger partial charge in [-0.3, -0.25) is 0 Å². The van der Waals surface area contributed by atoms with E-state index in [1.807, 2.05) is 0 Å². The predicted octanol–water partition coefficient (Wildman–Crippen LogP) is 19.3. The third-order valence-electron chi connectivity index (χ3n) is 15.1. The number of nitrogens with zero attached hydrogens (tertiary/aromatic N) is 4. The molecule has 0 saturated heterocycles. The Balaban J connectivity index is 0.947. The van der Waals surface area contributed by atoms with E-state index in [9.17, 15) is 0 Å². The van der Waals surface area contributed by atoms with Crippen molar-refractivity contribution in [2.45, 2.75) is 0 Å². The van der Waals surface area contributed by atoms with Gasteiger partial charge in [0, 0.05) is 67.0 Å². The Kier molecular flexibility index (Phi) is 9.54. The summed E-state index contributed by atoms with van der Waals surface area (Å²) >= 11 is 0. The van der Waals surface area contributed by atoms with Gasteiger partial charge < -0.3 is 18.9 Å². The normalized spacial score (nSPS) is 11.8. The fourth-order valence-electron chi connectivity index (χ4n) is 11.9. The smallest absolute Gasteiger partial charge is 0.0568 e. The van der Waals surface area contributed by atoms with E-state index in [1.165, 1.54) is 76.3 Å². The van der Waals surface area contributed by atoms with E-state index < -0.39 is 0 Å². The van der Waals surface area contributed by atoms with E-state index in [4.69, 9.17) is 0 Å². The molecule has 15 rings (SSSR count). The van der Waals surface area contributed by atoms with Crippen LogP contribution in [0.3, 0.4) is 0 Å². The summed E-state index contributed by atoms with van der Waals surface area (Å²) in [5.41, 5.74) is 18.1. The van der Waals surface area contributed by atoms with Crippen LogP contribution in [0.1, 0.15) is 0 Å². The monoisotopic (exact) mass is 942 g/mol. The molecule has 4 heteroatoms. The molecule has 0 saturated carbocycles. The van der Waals surface area contributed by atoms with E-state index in [1.54, 1.807) is 0 Å². The Hall–Kier alpha value is -9.90. The molecule has 0 unspecified atom stereocenters. The maximum atomic E-state index is 2.44. The Bertz CT molecular complexity index is 4230. The summed E-state index contributed by atoms with van der Waals surface area (Å²) in [6.07, 6.45) is 0. The second kappa shape index (κ2) is 16.9. The van der Waals surface area contributed by atoms with E-state index in [2.05, 4.69) is 298 Å². The van der Waals surface area contributed by atoms with Gasteiger partial charge in [0.1, 0.15) is 0 Å². The summed E-state index contributed by atoms with van der Waals surface area (Å²) < 4.78 is 4.88. The molecular weight excluding hydrogens is 897 g/mol. The van der Waals surface area contributed by atoms with E-state index in [0.717, 1.165) is 56.6 Å². The Morgan fingerprint density at radius 2 is 0.554 bits per heavy atom. The molecule has 15 aromatic rings. The zero-order valence-electron chi connectivity index (χ0n) is 40.3. The summed E-state index contributed by atoms with van der Waals surface area (Å²) in [4.78, 5) is 4.86. The van der Waals surface area contributed by atoms with Gasteiger partial charge in [0.25, 0.3) is 0 Å². The number of anilines is 6. The third kappa shape index (κ3) is 6.69. The van der Waals surface area contributed by atoms with Crippen LogP contribution in [0.25, 0.3) is 98.8 Å². The summed E-state index contributed by atoms with van der Waals surface area (Å²) in [6, 6.07) is 102. The van der Waals surface area contributed by atoms with Crippen molar-refractivity contribution < 1.29 is 0 Å². The number of aromatic nitrogens is 2. The molecule has 74 heavy (non-hydrogen) atoms. The highest BCUT2D eigenvalue weighted by Gasteiger charge is 2.24. The zero-order chi connectivity index (χ0) is 48.7. The van der Waals surface area contributed by atoms with Crippen LogP contribution >= 0.6 is 0 Å². The van der Waals surface area contributed by atoms with Gasteiger partial charge in [-0.2, -0.15) is 0 Å². The maximum absolute atomic E-state index is 2.44. The van der Waals surface area contributed by atoms with Crippen molar-refractivity contribution in [2.24, 2.45) is 0 Å². The molecule has 0 aliphatic heterocycles. The fourth-order valence-corrected chi connectivity index (χ4v) is 11.9. The Morgan fingerprint density at radius 3 is 0.973 bits per heavy atom. The van der Waals surface area contributed by atoms with Crippen LogP contribution in [0, 0.1) is 0 Å². The molecule has 0 aliphatic carbocycles. The molecule has 2 heterocycles. The first-order chi connectivity index (χ1) is 36.7. The molecule has 0 bridgehead atoms. The SMILES string of the molecule is c1ccc(-c2cccc(N(c3ccc(N(c4cccc(-c5ccccc5)c4)c4cc5ccc6cccc7c6c5c(c4)n7-c4ccccc4)cc3)c3cc4ccc5cccc6c5c4c(c3)n6-c3ccccc3)c2)cc1. The van der Waals surface area contributed by atoms with Crippen LogP contribution in [-0.2, 0) is 0 Å². The van der Waals surface area contributed by atoms with Crippen molar-refractivity contribution >= 4 is 99.3 Å². The average molecular weight is 943 g/mol. The van der Waals surface area contributed by atoms with E-state index in [-0.39, 0.29) is 0 Å². The molecular formula is C70H46N4. The second-order valence-electron chi connectivity index (χ2n) is 19.4. The number of hydrogen-bond donors (Lipinski definition) is 0. The Labute approximate surface area is 428 Å². The molecule has 0 atom stereocenters. The molecule has 0 amide bonds. The van der Waals surface area contributed by atoms with E-state index in [0.29, 0.717) is 0 Å². The molecule has 346 valence electrons. The lowest BCUT2D eigenvalue weighted by Gasteiger charge is -2.29. The second-order valence-corrected chi connectivity index (χ2v) is 19.4. The molecule has 2 aromatic heterocycles. The van der Waals surface area contributed by atoms with Crippen LogP contribution in [0.15, 0.2) is 279 Å². The molecule has 4 nitrogen and oxygen atoms in total. The van der Waals surface area contributed by atoms with Crippen LogP contribution in [0.5, 0.6) is 0 Å². The first-order valence-corrected chi connectivity index (χ1v) is 25.4. The van der Waals surface area contributed by atoms with Crippen LogP contribution < -0.4 is 9.80 Å². The zero-order valence-corrected chi connectivity index (χ0v) is 40.3. The Morgan fingerprint density at radius 1 is 0.203 bits per heavy atom. The lowest BCUT2D eigenvalue weighted by molar-refractivity contribution is 1.18. The first kappa shape index (κ1) is 41.8. The minimum atomic E-state index is 1.05. The van der Waals surface area contributed by atoms with Gasteiger partial charge >= 0.3 is 0 Å². The molecule has 0 aliphatic rings. The standard InChI is InChI=1S/C70H46N4/c1-5-17-47(18-6-1)51-23-13-29-59(41-51)71(61-43-53-35-33-49-21-15-31-63-67(49)69(53)65(45-61)73(63)55-25-9-3-10-26-55)57-37-39-58(40-38-57)72(60-30-14-24-52(42-60)48-19-7-2-8-20-48)62-44-54-36-34-50-22-16-32-64-68(50)70(54)66(46-62)74(64)56-27-11-4-12-28-56/h1-46H. The number of benzene rings is 13. The van der Waals surface area contributed by atoms with Gasteiger partial charge in [-0.25, -0.2) is 0 Å². The van der Waals surface area contributed by atoms with Crippen LogP contribution in [0.2, 0.25) is 0 Å². The highest BCUT2D eigenvalue weighted by molar-refractivity contribution is 6.26.